The SMILES string of the molecule is CCOC(=O)c1nc(C(=O)OCC)c2c(C)nn(C)c2n1. The summed E-state index contributed by atoms with van der Waals surface area (Å²) in [5, 5.41) is 4.67. The number of ether oxygens (including phenoxy) is 2. The summed E-state index contributed by atoms with van der Waals surface area (Å²) in [6, 6.07) is 0. The highest BCUT2D eigenvalue weighted by Crippen LogP contribution is 2.20. The average Bonchev–Trinajstić information content (AvgIpc) is 2.73. The lowest BCUT2D eigenvalue weighted by Gasteiger charge is -2.06. The largest absolute Gasteiger partial charge is 0.461 e. The first kappa shape index (κ1) is 14.9. The van der Waals surface area contributed by atoms with Gasteiger partial charge in [-0.2, -0.15) is 5.10 Å². The zero-order valence-electron chi connectivity index (χ0n) is 12.3. The zero-order valence-corrected chi connectivity index (χ0v) is 12.3. The predicted molar refractivity (Wildman–Crippen MR) is 73.0 cm³/mol. The summed E-state index contributed by atoms with van der Waals surface area (Å²) in [4.78, 5) is 32.0. The van der Waals surface area contributed by atoms with Crippen molar-refractivity contribution in [2.45, 2.75) is 20.8 Å². The second-order valence-electron chi connectivity index (χ2n) is 4.24. The van der Waals surface area contributed by atoms with Gasteiger partial charge in [-0.05, 0) is 20.8 Å². The number of hydrogen-bond acceptors (Lipinski definition) is 7. The molecule has 0 fully saturated rings. The fourth-order valence-corrected chi connectivity index (χ4v) is 1.97. The highest BCUT2D eigenvalue weighted by molar-refractivity contribution is 6.03. The maximum atomic E-state index is 12.1. The summed E-state index contributed by atoms with van der Waals surface area (Å²) >= 11 is 0. The van der Waals surface area contributed by atoms with E-state index in [-0.39, 0.29) is 24.7 Å². The third kappa shape index (κ3) is 2.69. The number of aryl methyl sites for hydroxylation is 2. The van der Waals surface area contributed by atoms with Gasteiger partial charge in [0.2, 0.25) is 5.82 Å². The van der Waals surface area contributed by atoms with E-state index in [1.165, 1.54) is 4.68 Å². The summed E-state index contributed by atoms with van der Waals surface area (Å²) in [6.45, 7) is 5.51. The molecule has 0 bridgehead atoms. The van der Waals surface area contributed by atoms with Crippen molar-refractivity contribution in [1.29, 1.82) is 0 Å². The van der Waals surface area contributed by atoms with Crippen molar-refractivity contribution in [3.63, 3.8) is 0 Å². The zero-order chi connectivity index (χ0) is 15.6. The Labute approximate surface area is 121 Å². The van der Waals surface area contributed by atoms with Crippen LogP contribution in [0.15, 0.2) is 0 Å². The van der Waals surface area contributed by atoms with E-state index in [1.54, 1.807) is 27.8 Å². The molecule has 0 atom stereocenters. The van der Waals surface area contributed by atoms with Gasteiger partial charge < -0.3 is 9.47 Å². The Bertz CT molecular complexity index is 708. The Morgan fingerprint density at radius 2 is 1.71 bits per heavy atom. The van der Waals surface area contributed by atoms with Crippen LogP contribution in [0.4, 0.5) is 0 Å². The van der Waals surface area contributed by atoms with Crippen LogP contribution in [0.5, 0.6) is 0 Å². The molecule has 0 spiro atoms. The second-order valence-corrected chi connectivity index (χ2v) is 4.24. The fraction of sp³-hybridized carbons (Fsp3) is 0.462. The van der Waals surface area contributed by atoms with E-state index in [4.69, 9.17) is 9.47 Å². The molecule has 0 aliphatic rings. The number of rotatable bonds is 4. The predicted octanol–water partition coefficient (Wildman–Crippen LogP) is 1.03. The Kier molecular flexibility index (Phi) is 4.15. The molecule has 0 amide bonds. The van der Waals surface area contributed by atoms with Gasteiger partial charge in [-0.1, -0.05) is 0 Å². The number of aromatic nitrogens is 4. The van der Waals surface area contributed by atoms with Gasteiger partial charge in [0.15, 0.2) is 11.3 Å². The Hall–Kier alpha value is -2.51. The van der Waals surface area contributed by atoms with Crippen molar-refractivity contribution in [2.24, 2.45) is 7.05 Å². The molecule has 2 aromatic rings. The monoisotopic (exact) mass is 292 g/mol. The van der Waals surface area contributed by atoms with Crippen LogP contribution in [0.2, 0.25) is 0 Å². The summed E-state index contributed by atoms with van der Waals surface area (Å²) in [5.74, 6) is -1.49. The first-order valence-electron chi connectivity index (χ1n) is 6.55. The molecule has 21 heavy (non-hydrogen) atoms. The van der Waals surface area contributed by atoms with Crippen LogP contribution in [-0.4, -0.2) is 44.9 Å². The molecule has 0 saturated heterocycles. The number of esters is 2. The smallest absolute Gasteiger partial charge is 0.376 e. The van der Waals surface area contributed by atoms with Crippen molar-refractivity contribution in [3.8, 4) is 0 Å². The van der Waals surface area contributed by atoms with Crippen LogP contribution < -0.4 is 0 Å². The van der Waals surface area contributed by atoms with Crippen molar-refractivity contribution in [2.75, 3.05) is 13.2 Å². The molecule has 0 aliphatic heterocycles. The average molecular weight is 292 g/mol. The van der Waals surface area contributed by atoms with Crippen LogP contribution in [0.1, 0.15) is 40.6 Å². The van der Waals surface area contributed by atoms with Gasteiger partial charge in [0, 0.05) is 7.05 Å². The lowest BCUT2D eigenvalue weighted by Crippen LogP contribution is -2.16. The highest BCUT2D eigenvalue weighted by atomic mass is 16.5. The molecule has 0 unspecified atom stereocenters. The third-order valence-corrected chi connectivity index (χ3v) is 2.79. The summed E-state index contributed by atoms with van der Waals surface area (Å²) < 4.78 is 11.3. The number of carbonyl (C=O) groups is 2. The molecule has 8 heteroatoms. The molecule has 0 saturated carbocycles. The number of fused-ring (bicyclic) bond motifs is 1. The maximum Gasteiger partial charge on any atom is 0.376 e. The van der Waals surface area contributed by atoms with E-state index in [9.17, 15) is 9.59 Å². The first-order chi connectivity index (χ1) is 9.99. The van der Waals surface area contributed by atoms with Crippen molar-refractivity contribution in [1.82, 2.24) is 19.7 Å². The number of hydrogen-bond donors (Lipinski definition) is 0. The highest BCUT2D eigenvalue weighted by Gasteiger charge is 2.24. The van der Waals surface area contributed by atoms with Gasteiger partial charge >= 0.3 is 11.9 Å². The third-order valence-electron chi connectivity index (χ3n) is 2.79. The second kappa shape index (κ2) is 5.86. The van der Waals surface area contributed by atoms with Gasteiger partial charge in [-0.15, -0.1) is 0 Å². The van der Waals surface area contributed by atoms with Crippen LogP contribution >= 0.6 is 0 Å². The minimum absolute atomic E-state index is 0.0236. The van der Waals surface area contributed by atoms with E-state index >= 15 is 0 Å². The van der Waals surface area contributed by atoms with E-state index in [0.717, 1.165) is 0 Å². The molecule has 0 radical (unpaired) electrons. The summed E-state index contributed by atoms with van der Waals surface area (Å²) in [5.41, 5.74) is 0.995. The van der Waals surface area contributed by atoms with Crippen molar-refractivity contribution in [3.05, 3.63) is 17.2 Å². The normalized spacial score (nSPS) is 10.7. The van der Waals surface area contributed by atoms with Gasteiger partial charge in [0.05, 0.1) is 24.3 Å². The van der Waals surface area contributed by atoms with E-state index < -0.39 is 11.9 Å². The molecule has 0 N–H and O–H groups in total. The molecule has 112 valence electrons. The molecular formula is C13H16N4O4. The molecular weight excluding hydrogens is 276 g/mol. The Morgan fingerprint density at radius 1 is 1.10 bits per heavy atom. The van der Waals surface area contributed by atoms with Crippen LogP contribution in [0, 0.1) is 6.92 Å². The molecule has 2 heterocycles. The standard InChI is InChI=1S/C13H16N4O4/c1-5-20-12(18)9-8-7(3)16-17(4)11(8)15-10(14-9)13(19)21-6-2/h5-6H2,1-4H3. The lowest BCUT2D eigenvalue weighted by atomic mass is 10.2. The fourth-order valence-electron chi connectivity index (χ4n) is 1.97. The van der Waals surface area contributed by atoms with Crippen LogP contribution in [0.3, 0.4) is 0 Å². The maximum absolute atomic E-state index is 12.1. The van der Waals surface area contributed by atoms with Gasteiger partial charge in [0.25, 0.3) is 0 Å². The number of nitrogens with zero attached hydrogens (tertiary/aromatic N) is 4. The van der Waals surface area contributed by atoms with Gasteiger partial charge in [-0.25, -0.2) is 19.6 Å². The van der Waals surface area contributed by atoms with Crippen LogP contribution in [-0.2, 0) is 16.5 Å². The minimum Gasteiger partial charge on any atom is -0.461 e. The minimum atomic E-state index is -0.691. The van der Waals surface area contributed by atoms with Crippen molar-refractivity contribution < 1.29 is 19.1 Å². The quantitative estimate of drug-likeness (QED) is 0.776. The van der Waals surface area contributed by atoms with Crippen molar-refractivity contribution >= 4 is 23.0 Å². The first-order valence-corrected chi connectivity index (χ1v) is 6.55. The van der Waals surface area contributed by atoms with E-state index in [0.29, 0.717) is 16.7 Å². The number of carbonyl (C=O) groups excluding carboxylic acids is 2. The lowest BCUT2D eigenvalue weighted by molar-refractivity contribution is 0.0507. The summed E-state index contributed by atoms with van der Waals surface area (Å²) in [6.07, 6.45) is 0. The Balaban J connectivity index is 2.67. The van der Waals surface area contributed by atoms with Crippen LogP contribution in [0.25, 0.3) is 11.0 Å². The molecule has 0 aromatic carbocycles. The molecule has 2 aromatic heterocycles. The molecule has 2 rings (SSSR count). The van der Waals surface area contributed by atoms with Gasteiger partial charge in [0.1, 0.15) is 0 Å². The molecule has 0 aliphatic carbocycles. The summed E-state index contributed by atoms with van der Waals surface area (Å²) in [7, 11) is 1.67. The van der Waals surface area contributed by atoms with Gasteiger partial charge in [-0.3, -0.25) is 4.68 Å². The van der Waals surface area contributed by atoms with E-state index in [2.05, 4.69) is 15.1 Å². The Morgan fingerprint density at radius 3 is 2.33 bits per heavy atom. The molecule has 8 nitrogen and oxygen atoms in total. The topological polar surface area (TPSA) is 96.2 Å². The van der Waals surface area contributed by atoms with E-state index in [1.807, 2.05) is 0 Å².